The van der Waals surface area contributed by atoms with Gasteiger partial charge in [0.2, 0.25) is 0 Å². The molecular weight excluding hydrogens is 252 g/mol. The molecule has 0 radical (unpaired) electrons. The summed E-state index contributed by atoms with van der Waals surface area (Å²) < 4.78 is 20.0. The third kappa shape index (κ3) is 4.01. The van der Waals surface area contributed by atoms with Crippen molar-refractivity contribution in [1.29, 1.82) is 0 Å². The number of rotatable bonds is 6. The van der Waals surface area contributed by atoms with E-state index in [0.717, 1.165) is 0 Å². The van der Waals surface area contributed by atoms with Crippen LogP contribution in [0.25, 0.3) is 0 Å². The van der Waals surface area contributed by atoms with Crippen molar-refractivity contribution in [2.24, 2.45) is 0 Å². The van der Waals surface area contributed by atoms with Crippen LogP contribution in [-0.2, 0) is 28.5 Å². The Morgan fingerprint density at radius 2 is 1.37 bits per heavy atom. The van der Waals surface area contributed by atoms with E-state index in [0.29, 0.717) is 56.8 Å². The van der Waals surface area contributed by atoms with E-state index in [1.165, 1.54) is 12.5 Å². The van der Waals surface area contributed by atoms with Gasteiger partial charge >= 0.3 is 11.9 Å². The molecule has 2 heterocycles. The lowest BCUT2D eigenvalue weighted by Crippen LogP contribution is -2.00. The minimum Gasteiger partial charge on any atom is -0.500 e. The number of ether oxygens (including phenoxy) is 4. The Kier molecular flexibility index (Phi) is 4.83. The Bertz CT molecular complexity index is 371. The van der Waals surface area contributed by atoms with Crippen LogP contribution in [-0.4, -0.2) is 38.4 Å². The summed E-state index contributed by atoms with van der Waals surface area (Å²) in [5, 5.41) is 0. The SMILES string of the molecule is O=C1OCC/C1=C/OCCCO/C=C1/CCOC1=O. The maximum Gasteiger partial charge on any atom is 0.337 e. The van der Waals surface area contributed by atoms with Gasteiger partial charge in [0.15, 0.2) is 0 Å². The lowest BCUT2D eigenvalue weighted by atomic mass is 10.2. The zero-order chi connectivity index (χ0) is 13.5. The largest absolute Gasteiger partial charge is 0.500 e. The summed E-state index contributed by atoms with van der Waals surface area (Å²) in [6.45, 7) is 1.76. The Morgan fingerprint density at radius 3 is 1.74 bits per heavy atom. The molecule has 0 aromatic rings. The van der Waals surface area contributed by atoms with Gasteiger partial charge in [-0.2, -0.15) is 0 Å². The summed E-state index contributed by atoms with van der Waals surface area (Å²) in [5.74, 6) is -0.610. The van der Waals surface area contributed by atoms with Crippen LogP contribution in [0.5, 0.6) is 0 Å². The smallest absolute Gasteiger partial charge is 0.337 e. The Labute approximate surface area is 111 Å². The van der Waals surface area contributed by atoms with E-state index in [-0.39, 0.29) is 11.9 Å². The first kappa shape index (κ1) is 13.5. The van der Waals surface area contributed by atoms with Crippen molar-refractivity contribution in [2.45, 2.75) is 19.3 Å². The zero-order valence-electron chi connectivity index (χ0n) is 10.6. The van der Waals surface area contributed by atoms with Crippen LogP contribution in [0.2, 0.25) is 0 Å². The van der Waals surface area contributed by atoms with Crippen molar-refractivity contribution in [3.05, 3.63) is 23.7 Å². The summed E-state index contributed by atoms with van der Waals surface area (Å²) in [4.78, 5) is 22.1. The van der Waals surface area contributed by atoms with Gasteiger partial charge in [-0.1, -0.05) is 0 Å². The molecule has 0 aromatic heterocycles. The van der Waals surface area contributed by atoms with Crippen molar-refractivity contribution < 1.29 is 28.5 Å². The van der Waals surface area contributed by atoms with E-state index in [1.54, 1.807) is 0 Å². The molecule has 0 saturated carbocycles. The number of hydrogen-bond donors (Lipinski definition) is 0. The third-order valence-corrected chi connectivity index (χ3v) is 2.71. The van der Waals surface area contributed by atoms with Gasteiger partial charge in [-0.15, -0.1) is 0 Å². The Balaban J connectivity index is 1.55. The fraction of sp³-hybridized carbons (Fsp3) is 0.538. The van der Waals surface area contributed by atoms with E-state index in [2.05, 4.69) is 0 Å². The van der Waals surface area contributed by atoms with Crippen LogP contribution < -0.4 is 0 Å². The van der Waals surface area contributed by atoms with Crippen LogP contribution in [0, 0.1) is 0 Å². The molecule has 0 atom stereocenters. The highest BCUT2D eigenvalue weighted by atomic mass is 16.5. The molecular formula is C13H16O6. The van der Waals surface area contributed by atoms with E-state index in [4.69, 9.17) is 18.9 Å². The second-order valence-electron chi connectivity index (χ2n) is 4.15. The third-order valence-electron chi connectivity index (χ3n) is 2.71. The number of cyclic esters (lactones) is 2. The maximum absolute atomic E-state index is 11.1. The average molecular weight is 268 g/mol. The lowest BCUT2D eigenvalue weighted by molar-refractivity contribution is -0.136. The molecule has 2 fully saturated rings. The van der Waals surface area contributed by atoms with Crippen molar-refractivity contribution in [3.8, 4) is 0 Å². The van der Waals surface area contributed by atoms with Crippen LogP contribution in [0.3, 0.4) is 0 Å². The van der Waals surface area contributed by atoms with Crippen LogP contribution in [0.1, 0.15) is 19.3 Å². The average Bonchev–Trinajstić information content (AvgIpc) is 2.98. The lowest BCUT2D eigenvalue weighted by Gasteiger charge is -2.02. The zero-order valence-corrected chi connectivity index (χ0v) is 10.6. The second-order valence-corrected chi connectivity index (χ2v) is 4.15. The first-order valence-electron chi connectivity index (χ1n) is 6.23. The van der Waals surface area contributed by atoms with Gasteiger partial charge in [0, 0.05) is 19.3 Å². The quantitative estimate of drug-likeness (QED) is 0.310. The highest BCUT2D eigenvalue weighted by Crippen LogP contribution is 2.13. The van der Waals surface area contributed by atoms with Crippen LogP contribution in [0.15, 0.2) is 23.7 Å². The van der Waals surface area contributed by atoms with Gasteiger partial charge in [-0.3, -0.25) is 0 Å². The molecule has 19 heavy (non-hydrogen) atoms. The number of carbonyl (C=O) groups excluding carboxylic acids is 2. The monoisotopic (exact) mass is 268 g/mol. The van der Waals surface area contributed by atoms with Crippen molar-refractivity contribution in [2.75, 3.05) is 26.4 Å². The van der Waals surface area contributed by atoms with E-state index in [9.17, 15) is 9.59 Å². The van der Waals surface area contributed by atoms with Crippen LogP contribution >= 0.6 is 0 Å². The van der Waals surface area contributed by atoms with Gasteiger partial charge in [0.25, 0.3) is 0 Å². The molecule has 6 heteroatoms. The molecule has 0 spiro atoms. The molecule has 2 aliphatic heterocycles. The van der Waals surface area contributed by atoms with E-state index < -0.39 is 0 Å². The molecule has 0 amide bonds. The van der Waals surface area contributed by atoms with Gasteiger partial charge < -0.3 is 18.9 Å². The minimum atomic E-state index is -0.305. The van der Waals surface area contributed by atoms with Crippen LogP contribution in [0.4, 0.5) is 0 Å². The highest BCUT2D eigenvalue weighted by Gasteiger charge is 2.19. The van der Waals surface area contributed by atoms with Crippen molar-refractivity contribution >= 4 is 11.9 Å². The Hall–Kier alpha value is -1.98. The molecule has 0 bridgehead atoms. The van der Waals surface area contributed by atoms with Gasteiger partial charge in [0.05, 0.1) is 50.1 Å². The first-order valence-corrected chi connectivity index (χ1v) is 6.23. The van der Waals surface area contributed by atoms with Gasteiger partial charge in [-0.05, 0) is 0 Å². The summed E-state index contributed by atoms with van der Waals surface area (Å²) in [5.41, 5.74) is 1.13. The molecule has 0 aromatic carbocycles. The summed E-state index contributed by atoms with van der Waals surface area (Å²) in [6.07, 6.45) is 4.76. The second kappa shape index (κ2) is 6.82. The summed E-state index contributed by atoms with van der Waals surface area (Å²) in [7, 11) is 0. The van der Waals surface area contributed by atoms with E-state index in [1.807, 2.05) is 0 Å². The maximum atomic E-state index is 11.1. The number of hydrogen-bond acceptors (Lipinski definition) is 6. The highest BCUT2D eigenvalue weighted by molar-refractivity contribution is 5.90. The predicted molar refractivity (Wildman–Crippen MR) is 63.8 cm³/mol. The molecule has 2 saturated heterocycles. The summed E-state index contributed by atoms with van der Waals surface area (Å²) in [6, 6.07) is 0. The standard InChI is InChI=1S/C13H16O6/c14-12-10(2-6-18-12)8-16-4-1-5-17-9-11-3-7-19-13(11)15/h8-9H,1-7H2/b10-8-,11-9-. The summed E-state index contributed by atoms with van der Waals surface area (Å²) >= 11 is 0. The molecule has 2 aliphatic rings. The molecule has 104 valence electrons. The number of esters is 2. The fourth-order valence-electron chi connectivity index (χ4n) is 1.66. The molecule has 0 unspecified atom stereocenters. The normalized spacial score (nSPS) is 22.7. The van der Waals surface area contributed by atoms with E-state index >= 15 is 0 Å². The number of carbonyl (C=O) groups is 2. The first-order chi connectivity index (χ1) is 9.27. The van der Waals surface area contributed by atoms with Gasteiger partial charge in [-0.25, -0.2) is 9.59 Å². The molecule has 0 aliphatic carbocycles. The van der Waals surface area contributed by atoms with Gasteiger partial charge in [0.1, 0.15) is 0 Å². The fourth-order valence-corrected chi connectivity index (χ4v) is 1.66. The van der Waals surface area contributed by atoms with Crippen molar-refractivity contribution in [3.63, 3.8) is 0 Å². The van der Waals surface area contributed by atoms with Crippen molar-refractivity contribution in [1.82, 2.24) is 0 Å². The molecule has 6 nitrogen and oxygen atoms in total. The molecule has 0 N–H and O–H groups in total. The topological polar surface area (TPSA) is 71.1 Å². The Morgan fingerprint density at radius 1 is 0.895 bits per heavy atom. The predicted octanol–water partition coefficient (Wildman–Crippen LogP) is 1.07. The minimum absolute atomic E-state index is 0.305. The molecule has 2 rings (SSSR count).